The lowest BCUT2D eigenvalue weighted by Gasteiger charge is -2.25. The molecule has 0 saturated carbocycles. The maximum Gasteiger partial charge on any atom is 0.0482 e. The lowest BCUT2D eigenvalue weighted by molar-refractivity contribution is 0.141. The Kier molecular flexibility index (Phi) is 2.83. The summed E-state index contributed by atoms with van der Waals surface area (Å²) in [4.78, 5) is 0. The van der Waals surface area contributed by atoms with Crippen molar-refractivity contribution in [3.63, 3.8) is 0 Å². The first-order chi connectivity index (χ1) is 7.12. The maximum atomic E-state index is 9.30. The van der Waals surface area contributed by atoms with E-state index < -0.39 is 0 Å². The summed E-state index contributed by atoms with van der Waals surface area (Å²) < 4.78 is 0. The van der Waals surface area contributed by atoms with Crippen molar-refractivity contribution in [2.75, 3.05) is 6.61 Å². The zero-order valence-electron chi connectivity index (χ0n) is 9.66. The van der Waals surface area contributed by atoms with E-state index in [0.717, 1.165) is 6.42 Å². The highest BCUT2D eigenvalue weighted by molar-refractivity contribution is 5.34. The van der Waals surface area contributed by atoms with Gasteiger partial charge in [-0.1, -0.05) is 38.1 Å². The fourth-order valence-electron chi connectivity index (χ4n) is 2.59. The first-order valence-corrected chi connectivity index (χ1v) is 5.81. The standard InChI is InChI=1S/C14H20O/c1-14(2,10-15)9-12-8-7-11-5-3-4-6-13(11)12/h3-6,12,15H,7-10H2,1-2H3. The predicted octanol–water partition coefficient (Wildman–Crippen LogP) is 3.13. The fraction of sp³-hybridized carbons (Fsp3) is 0.571. The molecule has 1 aromatic carbocycles. The predicted molar refractivity (Wildman–Crippen MR) is 63.0 cm³/mol. The number of aliphatic hydroxyl groups is 1. The summed E-state index contributed by atoms with van der Waals surface area (Å²) in [5.41, 5.74) is 3.08. The minimum atomic E-state index is 0.0577. The molecular weight excluding hydrogens is 184 g/mol. The monoisotopic (exact) mass is 204 g/mol. The molecule has 15 heavy (non-hydrogen) atoms. The van der Waals surface area contributed by atoms with E-state index in [-0.39, 0.29) is 12.0 Å². The topological polar surface area (TPSA) is 20.2 Å². The zero-order valence-corrected chi connectivity index (χ0v) is 9.66. The Balaban J connectivity index is 2.14. The van der Waals surface area contributed by atoms with E-state index in [1.807, 2.05) is 0 Å². The Morgan fingerprint density at radius 3 is 2.80 bits per heavy atom. The molecule has 1 aromatic rings. The second-order valence-electron chi connectivity index (χ2n) is 5.46. The second-order valence-corrected chi connectivity index (χ2v) is 5.46. The molecule has 0 aromatic heterocycles. The number of benzene rings is 1. The van der Waals surface area contributed by atoms with Crippen LogP contribution in [0.2, 0.25) is 0 Å². The van der Waals surface area contributed by atoms with Crippen LogP contribution in [0.15, 0.2) is 24.3 Å². The molecule has 82 valence electrons. The minimum Gasteiger partial charge on any atom is -0.396 e. The molecule has 2 rings (SSSR count). The van der Waals surface area contributed by atoms with Crippen LogP contribution in [0.25, 0.3) is 0 Å². The van der Waals surface area contributed by atoms with Crippen LogP contribution in [-0.2, 0) is 6.42 Å². The van der Waals surface area contributed by atoms with Crippen molar-refractivity contribution in [1.82, 2.24) is 0 Å². The van der Waals surface area contributed by atoms with Gasteiger partial charge in [-0.2, -0.15) is 0 Å². The summed E-state index contributed by atoms with van der Waals surface area (Å²) in [6, 6.07) is 8.74. The highest BCUT2D eigenvalue weighted by Gasteiger charge is 2.28. The first-order valence-electron chi connectivity index (χ1n) is 5.81. The van der Waals surface area contributed by atoms with Crippen LogP contribution < -0.4 is 0 Å². The molecule has 1 unspecified atom stereocenters. The van der Waals surface area contributed by atoms with Gasteiger partial charge in [0.05, 0.1) is 0 Å². The van der Waals surface area contributed by atoms with Gasteiger partial charge in [0, 0.05) is 6.61 Å². The van der Waals surface area contributed by atoms with Crippen LogP contribution in [0.5, 0.6) is 0 Å². The van der Waals surface area contributed by atoms with E-state index in [1.54, 1.807) is 0 Å². The summed E-state index contributed by atoms with van der Waals surface area (Å²) in [5.74, 6) is 0.656. The van der Waals surface area contributed by atoms with Crippen LogP contribution in [0.3, 0.4) is 0 Å². The van der Waals surface area contributed by atoms with E-state index in [1.165, 1.54) is 24.0 Å². The van der Waals surface area contributed by atoms with E-state index in [9.17, 15) is 5.11 Å². The summed E-state index contributed by atoms with van der Waals surface area (Å²) in [7, 11) is 0. The molecule has 0 aliphatic heterocycles. The van der Waals surface area contributed by atoms with Crippen molar-refractivity contribution in [2.45, 2.75) is 39.0 Å². The molecule has 0 radical (unpaired) electrons. The Hall–Kier alpha value is -0.820. The molecule has 0 saturated heterocycles. The molecule has 0 fully saturated rings. The van der Waals surface area contributed by atoms with E-state index >= 15 is 0 Å². The van der Waals surface area contributed by atoms with E-state index in [2.05, 4.69) is 38.1 Å². The molecule has 1 atom stereocenters. The number of aliphatic hydroxyl groups excluding tert-OH is 1. The molecule has 1 aliphatic rings. The molecule has 1 heteroatoms. The van der Waals surface area contributed by atoms with Crippen molar-refractivity contribution in [2.24, 2.45) is 5.41 Å². The molecule has 0 spiro atoms. The fourth-order valence-corrected chi connectivity index (χ4v) is 2.59. The number of hydrogen-bond acceptors (Lipinski definition) is 1. The quantitative estimate of drug-likeness (QED) is 0.802. The lowest BCUT2D eigenvalue weighted by atomic mass is 9.81. The van der Waals surface area contributed by atoms with Crippen LogP contribution >= 0.6 is 0 Å². The van der Waals surface area contributed by atoms with Gasteiger partial charge in [-0.15, -0.1) is 0 Å². The lowest BCUT2D eigenvalue weighted by Crippen LogP contribution is -2.19. The summed E-state index contributed by atoms with van der Waals surface area (Å²) in [5, 5.41) is 9.30. The second kappa shape index (κ2) is 3.97. The Bertz CT molecular complexity index is 341. The van der Waals surface area contributed by atoms with Crippen LogP contribution in [-0.4, -0.2) is 11.7 Å². The minimum absolute atomic E-state index is 0.0577. The molecular formula is C14H20O. The Morgan fingerprint density at radius 2 is 2.07 bits per heavy atom. The average Bonchev–Trinajstić information content (AvgIpc) is 2.62. The number of aryl methyl sites for hydroxylation is 1. The number of hydrogen-bond donors (Lipinski definition) is 1. The van der Waals surface area contributed by atoms with Gasteiger partial charge in [0.2, 0.25) is 0 Å². The van der Waals surface area contributed by atoms with Gasteiger partial charge in [-0.05, 0) is 41.7 Å². The van der Waals surface area contributed by atoms with Gasteiger partial charge >= 0.3 is 0 Å². The van der Waals surface area contributed by atoms with Gasteiger partial charge in [0.15, 0.2) is 0 Å². The van der Waals surface area contributed by atoms with Crippen LogP contribution in [0.1, 0.15) is 43.7 Å². The maximum absolute atomic E-state index is 9.30. The van der Waals surface area contributed by atoms with Crippen LogP contribution in [0.4, 0.5) is 0 Å². The Morgan fingerprint density at radius 1 is 1.33 bits per heavy atom. The van der Waals surface area contributed by atoms with Gasteiger partial charge < -0.3 is 5.11 Å². The van der Waals surface area contributed by atoms with Crippen molar-refractivity contribution >= 4 is 0 Å². The van der Waals surface area contributed by atoms with E-state index in [0.29, 0.717) is 5.92 Å². The summed E-state index contributed by atoms with van der Waals surface area (Å²) in [6.45, 7) is 4.58. The average molecular weight is 204 g/mol. The van der Waals surface area contributed by atoms with Crippen molar-refractivity contribution in [3.05, 3.63) is 35.4 Å². The van der Waals surface area contributed by atoms with Crippen molar-refractivity contribution < 1.29 is 5.11 Å². The molecule has 0 amide bonds. The van der Waals surface area contributed by atoms with Gasteiger partial charge in [-0.3, -0.25) is 0 Å². The zero-order chi connectivity index (χ0) is 10.9. The Labute approximate surface area is 92.1 Å². The van der Waals surface area contributed by atoms with Crippen LogP contribution in [0, 0.1) is 5.41 Å². The number of fused-ring (bicyclic) bond motifs is 1. The largest absolute Gasteiger partial charge is 0.396 e. The molecule has 1 aliphatic carbocycles. The SMILES string of the molecule is CC(C)(CO)CC1CCc2ccccc21. The molecule has 0 heterocycles. The normalized spacial score (nSPS) is 20.3. The molecule has 0 bridgehead atoms. The van der Waals surface area contributed by atoms with E-state index in [4.69, 9.17) is 0 Å². The summed E-state index contributed by atoms with van der Waals surface area (Å²) in [6.07, 6.45) is 3.56. The summed E-state index contributed by atoms with van der Waals surface area (Å²) >= 11 is 0. The van der Waals surface area contributed by atoms with Crippen molar-refractivity contribution in [3.8, 4) is 0 Å². The van der Waals surface area contributed by atoms with Gasteiger partial charge in [0.25, 0.3) is 0 Å². The highest BCUT2D eigenvalue weighted by Crippen LogP contribution is 2.40. The molecule has 1 N–H and O–H groups in total. The van der Waals surface area contributed by atoms with Gasteiger partial charge in [0.1, 0.15) is 0 Å². The number of rotatable bonds is 3. The smallest absolute Gasteiger partial charge is 0.0482 e. The van der Waals surface area contributed by atoms with Gasteiger partial charge in [-0.25, -0.2) is 0 Å². The van der Waals surface area contributed by atoms with Crippen molar-refractivity contribution in [1.29, 1.82) is 0 Å². The molecule has 1 nitrogen and oxygen atoms in total. The third kappa shape index (κ3) is 2.23. The first kappa shape index (κ1) is 10.7. The third-order valence-corrected chi connectivity index (χ3v) is 3.48. The third-order valence-electron chi connectivity index (χ3n) is 3.48. The highest BCUT2D eigenvalue weighted by atomic mass is 16.3.